The van der Waals surface area contributed by atoms with Crippen molar-refractivity contribution in [2.24, 2.45) is 0 Å². The van der Waals surface area contributed by atoms with Crippen molar-refractivity contribution in [3.63, 3.8) is 0 Å². The Kier molecular flexibility index (Phi) is 8.89. The molecule has 0 aliphatic rings. The number of hydrogen-bond donors (Lipinski definition) is 0. The Morgan fingerprint density at radius 2 is 2.09 bits per heavy atom. The molecule has 0 saturated carbocycles. The second-order valence-electron chi connectivity index (χ2n) is 4.52. The van der Waals surface area contributed by atoms with Crippen LogP contribution in [0.15, 0.2) is 29.1 Å². The quantitative estimate of drug-likeness (QED) is 0.345. The number of rotatable bonds is 6. The van der Waals surface area contributed by atoms with Crippen LogP contribution in [0.25, 0.3) is 11.3 Å². The first-order chi connectivity index (χ1) is 10.6. The molecule has 1 aromatic heterocycles. The van der Waals surface area contributed by atoms with Gasteiger partial charge >= 0.3 is 0 Å². The number of halogens is 2. The van der Waals surface area contributed by atoms with Crippen LogP contribution in [0.5, 0.6) is 5.75 Å². The van der Waals surface area contributed by atoms with Crippen LogP contribution >= 0.6 is 22.6 Å². The van der Waals surface area contributed by atoms with E-state index < -0.39 is 5.82 Å². The molecule has 0 fully saturated rings. The minimum absolute atomic E-state index is 0. The van der Waals surface area contributed by atoms with Crippen molar-refractivity contribution < 1.29 is 46.6 Å². The minimum atomic E-state index is -0.450. The normalized spacial score (nSPS) is 10.3. The molecule has 0 saturated heterocycles. The van der Waals surface area contributed by atoms with Crippen LogP contribution in [0.1, 0.15) is 6.92 Å². The molecule has 1 radical (unpaired) electrons. The molecule has 0 spiro atoms. The fraction of sp³-hybridized carbons (Fsp3) is 0.312. The molecule has 23 heavy (non-hydrogen) atoms. The number of benzene rings is 1. The predicted octanol–water partition coefficient (Wildman–Crippen LogP) is 3.10. The minimum Gasteiger partial charge on any atom is -0.491 e. The summed E-state index contributed by atoms with van der Waals surface area (Å²) in [5.74, 6) is -0.0248. The second kappa shape index (κ2) is 9.86. The Hall–Kier alpha value is -0.306. The van der Waals surface area contributed by atoms with Gasteiger partial charge in [0.05, 0.1) is 12.4 Å². The van der Waals surface area contributed by atoms with Crippen molar-refractivity contribution in [1.82, 2.24) is 4.57 Å². The van der Waals surface area contributed by atoms with Crippen LogP contribution in [-0.2, 0) is 44.0 Å². The Labute approximate surface area is 173 Å². The van der Waals surface area contributed by atoms with E-state index in [1.54, 1.807) is 25.3 Å². The average Bonchev–Trinajstić information content (AvgIpc) is 2.51. The molecule has 1 heterocycles. The molecular formula is C16H16FINO3Y-. The van der Waals surface area contributed by atoms with Gasteiger partial charge in [0.2, 0.25) is 5.56 Å². The largest absolute Gasteiger partial charge is 0.491 e. The summed E-state index contributed by atoms with van der Waals surface area (Å²) < 4.78 is 26.7. The molecular weight excluding hydrogens is 489 g/mol. The zero-order valence-corrected chi connectivity index (χ0v) is 17.9. The molecule has 1 aromatic carbocycles. The molecule has 0 amide bonds. The number of hydrogen-bond acceptors (Lipinski definition) is 3. The smallest absolute Gasteiger partial charge is 0.207 e. The van der Waals surface area contributed by atoms with Gasteiger partial charge in [-0.05, 0) is 16.6 Å². The van der Waals surface area contributed by atoms with E-state index in [2.05, 4.69) is 6.07 Å². The van der Waals surface area contributed by atoms with Crippen LogP contribution in [0, 0.1) is 15.5 Å². The molecule has 0 unspecified atom stereocenters. The fourth-order valence-corrected chi connectivity index (χ4v) is 2.49. The SMILES string of the molecule is CCn1c(-c2ccc(OCCOC)cc2F)[c-]cc(I)c1=O.[Y]. The van der Waals surface area contributed by atoms with E-state index in [0.29, 0.717) is 40.3 Å². The van der Waals surface area contributed by atoms with Gasteiger partial charge < -0.3 is 14.0 Å². The van der Waals surface area contributed by atoms with Gasteiger partial charge in [-0.2, -0.15) is 12.1 Å². The third-order valence-corrected chi connectivity index (χ3v) is 3.90. The molecule has 2 rings (SSSR count). The Balaban J connectivity index is 0.00000264. The first-order valence-corrected chi connectivity index (χ1v) is 7.89. The van der Waals surface area contributed by atoms with E-state index in [4.69, 9.17) is 9.47 Å². The molecule has 0 N–H and O–H groups in total. The van der Waals surface area contributed by atoms with Crippen molar-refractivity contribution in [1.29, 1.82) is 0 Å². The van der Waals surface area contributed by atoms with Crippen molar-refractivity contribution in [3.05, 3.63) is 50.1 Å². The molecule has 0 atom stereocenters. The van der Waals surface area contributed by atoms with Crippen LogP contribution in [-0.4, -0.2) is 24.9 Å². The monoisotopic (exact) mass is 505 g/mol. The third kappa shape index (κ3) is 5.08. The van der Waals surface area contributed by atoms with Gasteiger partial charge in [-0.1, -0.05) is 11.3 Å². The zero-order valence-electron chi connectivity index (χ0n) is 12.9. The summed E-state index contributed by atoms with van der Waals surface area (Å²) in [4.78, 5) is 12.1. The average molecular weight is 505 g/mol. The summed E-state index contributed by atoms with van der Waals surface area (Å²) in [5.41, 5.74) is 0.625. The van der Waals surface area contributed by atoms with Gasteiger partial charge in [0.25, 0.3) is 0 Å². The Bertz CT molecular complexity index is 721. The van der Waals surface area contributed by atoms with E-state index in [0.717, 1.165) is 0 Å². The topological polar surface area (TPSA) is 40.5 Å². The van der Waals surface area contributed by atoms with Gasteiger partial charge in [0.15, 0.2) is 0 Å². The maximum atomic E-state index is 14.3. The summed E-state index contributed by atoms with van der Waals surface area (Å²) in [6, 6.07) is 9.13. The summed E-state index contributed by atoms with van der Waals surface area (Å²) in [5, 5.41) is 0. The van der Waals surface area contributed by atoms with Crippen molar-refractivity contribution in [3.8, 4) is 17.0 Å². The van der Waals surface area contributed by atoms with E-state index in [1.165, 1.54) is 10.6 Å². The maximum absolute atomic E-state index is 14.3. The summed E-state index contributed by atoms with van der Waals surface area (Å²) in [7, 11) is 1.57. The van der Waals surface area contributed by atoms with E-state index in [1.807, 2.05) is 29.5 Å². The number of methoxy groups -OCH3 is 1. The number of aromatic nitrogens is 1. The summed E-state index contributed by atoms with van der Waals surface area (Å²) in [6.45, 7) is 3.08. The first kappa shape index (κ1) is 20.7. The standard InChI is InChI=1S/C16H16FINO3.Y/c1-3-19-15(7-6-14(18)16(19)20)12-5-4-11(10-13(12)17)22-9-8-21-2;/h4-6,10H,3,8-9H2,1-2H3;/q-1;. The molecule has 2 aromatic rings. The van der Waals surface area contributed by atoms with Gasteiger partial charge in [-0.25, -0.2) is 4.39 Å². The van der Waals surface area contributed by atoms with Crippen LogP contribution in [0.2, 0.25) is 0 Å². The van der Waals surface area contributed by atoms with E-state index in [-0.39, 0.29) is 38.3 Å². The van der Waals surface area contributed by atoms with Crippen LogP contribution in [0.4, 0.5) is 4.39 Å². The predicted molar refractivity (Wildman–Crippen MR) is 90.7 cm³/mol. The number of pyridine rings is 1. The maximum Gasteiger partial charge on any atom is 0.207 e. The molecule has 121 valence electrons. The van der Waals surface area contributed by atoms with E-state index >= 15 is 0 Å². The number of nitrogens with zero attached hydrogens (tertiary/aromatic N) is 1. The third-order valence-electron chi connectivity index (χ3n) is 3.12. The summed E-state index contributed by atoms with van der Waals surface area (Å²) in [6.07, 6.45) is 0. The second-order valence-corrected chi connectivity index (χ2v) is 5.68. The van der Waals surface area contributed by atoms with E-state index in [9.17, 15) is 9.18 Å². The first-order valence-electron chi connectivity index (χ1n) is 6.81. The molecule has 0 bridgehead atoms. The molecule has 0 aliphatic heterocycles. The molecule has 4 nitrogen and oxygen atoms in total. The summed E-state index contributed by atoms with van der Waals surface area (Å²) >= 11 is 1.95. The van der Waals surface area contributed by atoms with Gasteiger partial charge in [0.1, 0.15) is 12.4 Å². The number of ether oxygens (including phenoxy) is 2. The molecule has 0 aliphatic carbocycles. The fourth-order valence-electron chi connectivity index (χ4n) is 2.05. The van der Waals surface area contributed by atoms with Crippen molar-refractivity contribution in [2.45, 2.75) is 13.5 Å². The zero-order chi connectivity index (χ0) is 16.1. The van der Waals surface area contributed by atoms with Gasteiger partial charge in [-0.3, -0.25) is 4.79 Å². The Morgan fingerprint density at radius 1 is 1.35 bits per heavy atom. The van der Waals surface area contributed by atoms with Crippen molar-refractivity contribution >= 4 is 22.6 Å². The van der Waals surface area contributed by atoms with Gasteiger partial charge in [0, 0.05) is 52.4 Å². The van der Waals surface area contributed by atoms with Crippen LogP contribution < -0.4 is 10.3 Å². The molecule has 7 heteroatoms. The van der Waals surface area contributed by atoms with Gasteiger partial charge in [-0.15, -0.1) is 28.7 Å². The van der Waals surface area contributed by atoms with Crippen LogP contribution in [0.3, 0.4) is 0 Å². The van der Waals surface area contributed by atoms with Crippen molar-refractivity contribution in [2.75, 3.05) is 20.3 Å². The Morgan fingerprint density at radius 3 is 2.70 bits per heavy atom.